The van der Waals surface area contributed by atoms with Gasteiger partial charge in [-0.3, -0.25) is 0 Å². The first-order valence-corrected chi connectivity index (χ1v) is 15.1. The SMILES string of the molecule is CCCCCCCCCCCC[As]C(=O)c1cccc(CN(Cc2ccccc2)C(=O)C(=O)O)c1. The fourth-order valence-electron chi connectivity index (χ4n) is 4.03. The van der Waals surface area contributed by atoms with Crippen LogP contribution >= 0.6 is 0 Å². The number of aliphatic carboxylic acids is 1. The molecule has 0 atom stereocenters. The van der Waals surface area contributed by atoms with Gasteiger partial charge in [-0.25, -0.2) is 0 Å². The Balaban J connectivity index is 1.78. The van der Waals surface area contributed by atoms with E-state index in [1.54, 1.807) is 0 Å². The van der Waals surface area contributed by atoms with Gasteiger partial charge >= 0.3 is 217 Å². The maximum atomic E-state index is 12.7. The van der Waals surface area contributed by atoms with Crippen molar-refractivity contribution in [3.63, 3.8) is 0 Å². The maximum absolute atomic E-state index is 12.7. The van der Waals surface area contributed by atoms with Gasteiger partial charge in [-0.05, 0) is 0 Å². The summed E-state index contributed by atoms with van der Waals surface area (Å²) < 4.78 is 0.193. The monoisotopic (exact) mass is 540 g/mol. The second-order valence-corrected chi connectivity index (χ2v) is 11.5. The van der Waals surface area contributed by atoms with Crippen molar-refractivity contribution in [3.8, 4) is 0 Å². The van der Waals surface area contributed by atoms with Crippen LogP contribution in [0.1, 0.15) is 92.6 Å². The minimum atomic E-state index is -1.48. The number of benzene rings is 2. The molecule has 2 aromatic rings. The normalized spacial score (nSPS) is 11.1. The Morgan fingerprint density at radius 3 is 1.94 bits per heavy atom. The third kappa shape index (κ3) is 11.7. The van der Waals surface area contributed by atoms with Crippen molar-refractivity contribution in [2.75, 3.05) is 0 Å². The van der Waals surface area contributed by atoms with Gasteiger partial charge in [0, 0.05) is 0 Å². The zero-order valence-corrected chi connectivity index (χ0v) is 22.8. The van der Waals surface area contributed by atoms with Crippen LogP contribution in [0.25, 0.3) is 0 Å². The molecule has 0 saturated heterocycles. The minimum absolute atomic E-state index is 0.149. The first kappa shape index (κ1) is 28.8. The second kappa shape index (κ2) is 17.1. The Labute approximate surface area is 217 Å². The van der Waals surface area contributed by atoms with E-state index in [9.17, 15) is 19.5 Å². The number of carbonyl (C=O) groups is 3. The first-order chi connectivity index (χ1) is 17.0. The summed E-state index contributed by atoms with van der Waals surface area (Å²) in [6.45, 7) is 2.60. The number of carboxylic acids is 1. The molecule has 0 unspecified atom stereocenters. The van der Waals surface area contributed by atoms with Gasteiger partial charge in [-0.2, -0.15) is 0 Å². The molecular formula is C29H39AsNO4. The van der Waals surface area contributed by atoms with Crippen LogP contribution in [-0.4, -0.2) is 42.2 Å². The van der Waals surface area contributed by atoms with Crippen molar-refractivity contribution in [1.29, 1.82) is 0 Å². The molecule has 0 fully saturated rings. The average molecular weight is 541 g/mol. The van der Waals surface area contributed by atoms with Gasteiger partial charge in [-0.1, -0.05) is 0 Å². The average Bonchev–Trinajstić information content (AvgIpc) is 2.87. The Morgan fingerprint density at radius 1 is 0.743 bits per heavy atom. The van der Waals surface area contributed by atoms with E-state index in [0.717, 1.165) is 22.8 Å². The molecule has 0 saturated carbocycles. The van der Waals surface area contributed by atoms with Crippen LogP contribution in [-0.2, 0) is 22.7 Å². The van der Waals surface area contributed by atoms with Crippen molar-refractivity contribution in [3.05, 3.63) is 71.3 Å². The quantitative estimate of drug-likeness (QED) is 0.142. The van der Waals surface area contributed by atoms with Crippen molar-refractivity contribution < 1.29 is 19.5 Å². The van der Waals surface area contributed by atoms with E-state index in [1.165, 1.54) is 62.7 Å². The summed E-state index contributed by atoms with van der Waals surface area (Å²) in [4.78, 5) is 37.6. The molecule has 1 amide bonds. The van der Waals surface area contributed by atoms with Gasteiger partial charge in [0.05, 0.1) is 0 Å². The van der Waals surface area contributed by atoms with Gasteiger partial charge in [0.15, 0.2) is 0 Å². The van der Waals surface area contributed by atoms with E-state index in [2.05, 4.69) is 6.92 Å². The summed E-state index contributed by atoms with van der Waals surface area (Å²) in [6, 6.07) is 16.6. The Hall–Kier alpha value is -2.39. The molecule has 2 rings (SSSR count). The van der Waals surface area contributed by atoms with Crippen LogP contribution < -0.4 is 0 Å². The van der Waals surface area contributed by atoms with Gasteiger partial charge in [0.25, 0.3) is 0 Å². The van der Waals surface area contributed by atoms with Crippen LogP contribution in [0.15, 0.2) is 54.6 Å². The van der Waals surface area contributed by atoms with Crippen LogP contribution in [0.5, 0.6) is 0 Å². The van der Waals surface area contributed by atoms with Gasteiger partial charge in [0.1, 0.15) is 0 Å². The topological polar surface area (TPSA) is 74.7 Å². The van der Waals surface area contributed by atoms with Crippen molar-refractivity contribution >= 4 is 32.2 Å². The molecule has 35 heavy (non-hydrogen) atoms. The first-order valence-electron chi connectivity index (χ1n) is 12.9. The number of carboxylic acid groups (broad SMARTS) is 1. The van der Waals surface area contributed by atoms with Crippen molar-refractivity contribution in [2.24, 2.45) is 0 Å². The zero-order chi connectivity index (χ0) is 25.3. The Kier molecular flexibility index (Phi) is 14.1. The molecule has 0 spiro atoms. The number of nitrogens with zero attached hydrogens (tertiary/aromatic N) is 1. The molecule has 0 aliphatic carbocycles. The molecule has 0 bridgehead atoms. The molecule has 0 aliphatic rings. The summed E-state index contributed by atoms with van der Waals surface area (Å²) >= 11 is -0.405. The summed E-state index contributed by atoms with van der Waals surface area (Å²) in [5.41, 5.74) is 2.29. The number of unbranched alkanes of at least 4 members (excludes halogenated alkanes) is 9. The van der Waals surface area contributed by atoms with E-state index in [0.29, 0.717) is 5.56 Å². The summed E-state index contributed by atoms with van der Waals surface area (Å²) in [5, 5.41) is 10.2. The van der Waals surface area contributed by atoms with E-state index in [4.69, 9.17) is 0 Å². The third-order valence-corrected chi connectivity index (χ3v) is 8.28. The predicted molar refractivity (Wildman–Crippen MR) is 142 cm³/mol. The van der Waals surface area contributed by atoms with Gasteiger partial charge < -0.3 is 0 Å². The van der Waals surface area contributed by atoms with E-state index in [-0.39, 0.29) is 17.7 Å². The second-order valence-electron chi connectivity index (χ2n) is 9.02. The molecule has 5 nitrogen and oxygen atoms in total. The summed E-state index contributed by atoms with van der Waals surface area (Å²) in [7, 11) is 0. The Bertz CT molecular complexity index is 916. The van der Waals surface area contributed by atoms with Crippen LogP contribution in [0, 0.1) is 0 Å². The predicted octanol–water partition coefficient (Wildman–Crippen LogP) is 6.48. The summed E-state index contributed by atoms with van der Waals surface area (Å²) in [6.07, 6.45) is 12.9. The molecule has 0 aliphatic heterocycles. The standard InChI is InChI=1S/C29H39AsNO4/c1-2-3-4-5-6-7-8-9-10-14-20-30-27(32)26-19-15-18-25(21-26)23-31(28(33)29(34)35)22-24-16-12-11-13-17-24/h11-13,15-19,21H,2-10,14,20,22-23H2,1H3,(H,34,35). The van der Waals surface area contributed by atoms with E-state index < -0.39 is 27.6 Å². The molecular weight excluding hydrogens is 501 g/mol. The number of hydrogen-bond acceptors (Lipinski definition) is 3. The molecule has 1 radical (unpaired) electrons. The van der Waals surface area contributed by atoms with Crippen LogP contribution in [0.3, 0.4) is 0 Å². The van der Waals surface area contributed by atoms with Crippen LogP contribution in [0.4, 0.5) is 0 Å². The molecule has 2 aromatic carbocycles. The Morgan fingerprint density at radius 2 is 1.31 bits per heavy atom. The molecule has 6 heteroatoms. The number of amides is 1. The van der Waals surface area contributed by atoms with Gasteiger partial charge in [-0.15, -0.1) is 0 Å². The molecule has 0 aromatic heterocycles. The zero-order valence-electron chi connectivity index (χ0n) is 21.0. The number of carbonyl (C=O) groups excluding carboxylic acids is 2. The van der Waals surface area contributed by atoms with Crippen LogP contribution in [0.2, 0.25) is 5.21 Å². The molecule has 1 N–H and O–H groups in total. The fourth-order valence-corrected chi connectivity index (χ4v) is 5.93. The van der Waals surface area contributed by atoms with E-state index in [1.807, 2.05) is 54.6 Å². The fraction of sp³-hybridized carbons (Fsp3) is 0.483. The number of rotatable bonds is 17. The third-order valence-electron chi connectivity index (χ3n) is 6.00. The van der Waals surface area contributed by atoms with E-state index >= 15 is 0 Å². The summed E-state index contributed by atoms with van der Waals surface area (Å²) in [5.74, 6) is -2.42. The number of hydrogen-bond donors (Lipinski definition) is 1. The molecule has 189 valence electrons. The molecule has 0 heterocycles. The van der Waals surface area contributed by atoms with Crippen molar-refractivity contribution in [1.82, 2.24) is 4.90 Å². The van der Waals surface area contributed by atoms with Gasteiger partial charge in [0.2, 0.25) is 0 Å². The van der Waals surface area contributed by atoms with Crippen molar-refractivity contribution in [2.45, 2.75) is 89.4 Å².